The Kier molecular flexibility index (Phi) is 5.80. The highest BCUT2D eigenvalue weighted by Crippen LogP contribution is 2.41. The molecule has 5 rings (SSSR count). The van der Waals surface area contributed by atoms with E-state index in [1.54, 1.807) is 17.7 Å². The Labute approximate surface area is 197 Å². The van der Waals surface area contributed by atoms with Crippen LogP contribution >= 0.6 is 11.3 Å². The van der Waals surface area contributed by atoms with E-state index in [-0.39, 0.29) is 0 Å². The summed E-state index contributed by atoms with van der Waals surface area (Å²) in [5.74, 6) is 1.65. The van der Waals surface area contributed by atoms with Crippen LogP contribution in [0.15, 0.2) is 79.1 Å². The number of nitrogens with zero attached hydrogens (tertiary/aromatic N) is 2. The first kappa shape index (κ1) is 21.2. The predicted octanol–water partition coefficient (Wildman–Crippen LogP) is 7.61. The van der Waals surface area contributed by atoms with Gasteiger partial charge in [-0.25, -0.2) is 9.97 Å². The molecule has 33 heavy (non-hydrogen) atoms. The number of ether oxygens (including phenoxy) is 1. The zero-order valence-corrected chi connectivity index (χ0v) is 19.7. The van der Waals surface area contributed by atoms with Crippen LogP contribution in [0.4, 0.5) is 11.5 Å². The van der Waals surface area contributed by atoms with Crippen molar-refractivity contribution in [3.8, 4) is 16.9 Å². The van der Waals surface area contributed by atoms with Crippen LogP contribution in [0, 0.1) is 20.8 Å². The molecule has 5 aromatic rings. The van der Waals surface area contributed by atoms with Crippen molar-refractivity contribution in [2.24, 2.45) is 0 Å². The first-order valence-electron chi connectivity index (χ1n) is 10.9. The third kappa shape index (κ3) is 4.45. The van der Waals surface area contributed by atoms with E-state index in [0.29, 0.717) is 6.61 Å². The highest BCUT2D eigenvalue weighted by atomic mass is 32.1. The molecule has 4 nitrogen and oxygen atoms in total. The Morgan fingerprint density at radius 2 is 1.64 bits per heavy atom. The van der Waals surface area contributed by atoms with Gasteiger partial charge in [0.15, 0.2) is 0 Å². The quantitative estimate of drug-likeness (QED) is 0.289. The molecule has 5 heteroatoms. The van der Waals surface area contributed by atoms with Gasteiger partial charge in [0, 0.05) is 16.1 Å². The average Bonchev–Trinajstić information content (AvgIpc) is 3.18. The molecule has 2 aromatic heterocycles. The summed E-state index contributed by atoms with van der Waals surface area (Å²) >= 11 is 1.70. The van der Waals surface area contributed by atoms with Gasteiger partial charge in [0.25, 0.3) is 0 Å². The molecule has 0 aliphatic carbocycles. The Bertz CT molecular complexity index is 1410. The van der Waals surface area contributed by atoms with Gasteiger partial charge in [0.2, 0.25) is 0 Å². The summed E-state index contributed by atoms with van der Waals surface area (Å²) in [5.41, 5.74) is 7.07. The van der Waals surface area contributed by atoms with Crippen molar-refractivity contribution in [2.45, 2.75) is 27.4 Å². The topological polar surface area (TPSA) is 47.0 Å². The molecule has 0 atom stereocenters. The van der Waals surface area contributed by atoms with Crippen molar-refractivity contribution in [3.05, 3.63) is 101 Å². The Morgan fingerprint density at radius 1 is 0.848 bits per heavy atom. The van der Waals surface area contributed by atoms with Gasteiger partial charge < -0.3 is 10.1 Å². The van der Waals surface area contributed by atoms with Crippen LogP contribution in [0.3, 0.4) is 0 Å². The minimum absolute atomic E-state index is 0.549. The Morgan fingerprint density at radius 3 is 2.39 bits per heavy atom. The summed E-state index contributed by atoms with van der Waals surface area (Å²) in [6.45, 7) is 6.99. The number of thiophene rings is 1. The van der Waals surface area contributed by atoms with Gasteiger partial charge in [0.1, 0.15) is 29.3 Å². The highest BCUT2D eigenvalue weighted by molar-refractivity contribution is 7.19. The normalized spacial score (nSPS) is 11.0. The molecule has 0 saturated carbocycles. The van der Waals surface area contributed by atoms with Crippen LogP contribution in [0.1, 0.15) is 21.6 Å². The van der Waals surface area contributed by atoms with Crippen molar-refractivity contribution in [1.82, 2.24) is 9.97 Å². The van der Waals surface area contributed by atoms with E-state index >= 15 is 0 Å². The zero-order chi connectivity index (χ0) is 22.8. The standard InChI is InChI=1S/C28H25N3OS/c1-18-9-10-22(15-19(18)2)25-20(3)33-28-26(25)27(29-17-30-28)31-23-11-13-24(14-12-23)32-16-21-7-5-4-6-8-21/h4-15,17H,16H2,1-3H3,(H,29,30,31). The Balaban J connectivity index is 1.43. The molecule has 0 saturated heterocycles. The minimum Gasteiger partial charge on any atom is -0.489 e. The molecule has 0 bridgehead atoms. The fraction of sp³-hybridized carbons (Fsp3) is 0.143. The van der Waals surface area contributed by atoms with Gasteiger partial charge in [-0.1, -0.05) is 48.5 Å². The van der Waals surface area contributed by atoms with Crippen molar-refractivity contribution in [1.29, 1.82) is 0 Å². The SMILES string of the molecule is Cc1ccc(-c2c(C)sc3ncnc(Nc4ccc(OCc5ccccc5)cc4)c23)cc1C. The van der Waals surface area contributed by atoms with Crippen LogP contribution in [0.2, 0.25) is 0 Å². The number of anilines is 2. The van der Waals surface area contributed by atoms with Gasteiger partial charge in [-0.3, -0.25) is 0 Å². The molecule has 0 unspecified atom stereocenters. The summed E-state index contributed by atoms with van der Waals surface area (Å²) in [7, 11) is 0. The molecule has 0 fully saturated rings. The molecule has 164 valence electrons. The molecule has 0 radical (unpaired) electrons. The summed E-state index contributed by atoms with van der Waals surface area (Å²) in [4.78, 5) is 11.4. The van der Waals surface area contributed by atoms with E-state index in [0.717, 1.165) is 33.0 Å². The second-order valence-corrected chi connectivity index (χ2v) is 9.36. The highest BCUT2D eigenvalue weighted by Gasteiger charge is 2.17. The second kappa shape index (κ2) is 9.04. The van der Waals surface area contributed by atoms with Crippen molar-refractivity contribution in [2.75, 3.05) is 5.32 Å². The third-order valence-electron chi connectivity index (χ3n) is 5.83. The van der Waals surface area contributed by atoms with Gasteiger partial charge in [-0.2, -0.15) is 0 Å². The first-order chi connectivity index (χ1) is 16.1. The van der Waals surface area contributed by atoms with Crippen LogP contribution in [-0.4, -0.2) is 9.97 Å². The van der Waals surface area contributed by atoms with E-state index < -0.39 is 0 Å². The fourth-order valence-corrected chi connectivity index (χ4v) is 4.91. The fourth-order valence-electron chi connectivity index (χ4n) is 3.90. The molecule has 0 amide bonds. The maximum absolute atomic E-state index is 5.92. The van der Waals surface area contributed by atoms with E-state index in [1.807, 2.05) is 42.5 Å². The van der Waals surface area contributed by atoms with E-state index in [9.17, 15) is 0 Å². The third-order valence-corrected chi connectivity index (χ3v) is 6.84. The van der Waals surface area contributed by atoms with Crippen LogP contribution in [0.25, 0.3) is 21.3 Å². The van der Waals surface area contributed by atoms with Gasteiger partial charge in [0.05, 0.1) is 5.39 Å². The lowest BCUT2D eigenvalue weighted by Crippen LogP contribution is -1.97. The summed E-state index contributed by atoms with van der Waals surface area (Å²) in [5, 5.41) is 4.56. The minimum atomic E-state index is 0.549. The number of nitrogens with one attached hydrogen (secondary N) is 1. The molecule has 0 aliphatic rings. The summed E-state index contributed by atoms with van der Waals surface area (Å²) in [6, 6.07) is 24.8. The molecule has 0 spiro atoms. The van der Waals surface area contributed by atoms with Crippen molar-refractivity contribution < 1.29 is 4.74 Å². The lowest BCUT2D eigenvalue weighted by atomic mass is 9.99. The second-order valence-electron chi connectivity index (χ2n) is 8.16. The van der Waals surface area contributed by atoms with E-state index in [2.05, 4.69) is 66.4 Å². The number of fused-ring (bicyclic) bond motifs is 1. The average molecular weight is 452 g/mol. The Hall–Kier alpha value is -3.70. The van der Waals surface area contributed by atoms with Crippen LogP contribution in [0.5, 0.6) is 5.75 Å². The molecule has 1 N–H and O–H groups in total. The lowest BCUT2D eigenvalue weighted by Gasteiger charge is -2.11. The number of rotatable bonds is 6. The summed E-state index contributed by atoms with van der Waals surface area (Å²) in [6.07, 6.45) is 1.63. The van der Waals surface area contributed by atoms with Crippen molar-refractivity contribution in [3.63, 3.8) is 0 Å². The summed E-state index contributed by atoms with van der Waals surface area (Å²) < 4.78 is 5.92. The maximum Gasteiger partial charge on any atom is 0.143 e. The van der Waals surface area contributed by atoms with Gasteiger partial charge in [-0.15, -0.1) is 11.3 Å². The molecule has 3 aromatic carbocycles. The van der Waals surface area contributed by atoms with Crippen LogP contribution in [-0.2, 0) is 6.61 Å². The van der Waals surface area contributed by atoms with E-state index in [4.69, 9.17) is 4.74 Å². The number of benzene rings is 3. The monoisotopic (exact) mass is 451 g/mol. The zero-order valence-electron chi connectivity index (χ0n) is 18.9. The van der Waals surface area contributed by atoms with Crippen LogP contribution < -0.4 is 10.1 Å². The first-order valence-corrected chi connectivity index (χ1v) is 11.8. The number of aryl methyl sites for hydroxylation is 3. The molecule has 0 aliphatic heterocycles. The maximum atomic E-state index is 5.92. The van der Waals surface area contributed by atoms with Crippen molar-refractivity contribution >= 4 is 33.1 Å². The molecular formula is C28H25N3OS. The predicted molar refractivity (Wildman–Crippen MR) is 138 cm³/mol. The number of hydrogen-bond acceptors (Lipinski definition) is 5. The smallest absolute Gasteiger partial charge is 0.143 e. The largest absolute Gasteiger partial charge is 0.489 e. The molecular weight excluding hydrogens is 426 g/mol. The number of hydrogen-bond donors (Lipinski definition) is 1. The van der Waals surface area contributed by atoms with Gasteiger partial charge >= 0.3 is 0 Å². The molecule has 2 heterocycles. The lowest BCUT2D eigenvalue weighted by molar-refractivity contribution is 0.306. The number of aromatic nitrogens is 2. The van der Waals surface area contributed by atoms with Gasteiger partial charge in [-0.05, 0) is 67.3 Å². The van der Waals surface area contributed by atoms with E-state index in [1.165, 1.54) is 27.1 Å².